The van der Waals surface area contributed by atoms with Gasteiger partial charge in [-0.05, 0) is 110 Å². The summed E-state index contributed by atoms with van der Waals surface area (Å²) in [7, 11) is 1.63. The second kappa shape index (κ2) is 20.0. The molecule has 1 unspecified atom stereocenters. The average molecular weight is 831 g/mol. The number of hydrogen-bond donors (Lipinski definition) is 2. The Morgan fingerprint density at radius 3 is 2.34 bits per heavy atom. The lowest BCUT2D eigenvalue weighted by atomic mass is 9.69. The van der Waals surface area contributed by atoms with Crippen molar-refractivity contribution in [3.05, 3.63) is 118 Å². The number of ether oxygens (including phenoxy) is 4. The molecule has 3 amide bonds. The largest absolute Gasteiger partial charge is 0.508 e. The fourth-order valence-electron chi connectivity index (χ4n) is 9.52. The first-order valence-electron chi connectivity index (χ1n) is 21.9. The maximum Gasteiger partial charge on any atom is 0.255 e. The zero-order valence-electron chi connectivity index (χ0n) is 35.2. The zero-order chi connectivity index (χ0) is 42.1. The first-order chi connectivity index (χ1) is 29.9. The van der Waals surface area contributed by atoms with Gasteiger partial charge in [0.1, 0.15) is 29.9 Å². The highest BCUT2D eigenvalue weighted by molar-refractivity contribution is 6.06. The highest BCUT2D eigenvalue weighted by atomic mass is 16.5. The van der Waals surface area contributed by atoms with Gasteiger partial charge in [0.15, 0.2) is 0 Å². The highest BCUT2D eigenvalue weighted by Crippen LogP contribution is 2.47. The molecule has 4 aromatic carbocycles. The van der Waals surface area contributed by atoms with Crippen molar-refractivity contribution in [3.63, 3.8) is 0 Å². The van der Waals surface area contributed by atoms with Crippen LogP contribution in [0.15, 0.2) is 84.9 Å². The van der Waals surface area contributed by atoms with E-state index in [4.69, 9.17) is 18.9 Å². The summed E-state index contributed by atoms with van der Waals surface area (Å²) < 4.78 is 23.4. The summed E-state index contributed by atoms with van der Waals surface area (Å²) in [6.45, 7) is 7.07. The van der Waals surface area contributed by atoms with Crippen LogP contribution in [0.2, 0.25) is 0 Å². The molecular formula is C49H58N4O8. The van der Waals surface area contributed by atoms with Crippen LogP contribution < -0.4 is 19.7 Å². The van der Waals surface area contributed by atoms with E-state index < -0.39 is 11.9 Å². The Morgan fingerprint density at radius 2 is 1.56 bits per heavy atom. The monoisotopic (exact) mass is 830 g/mol. The number of anilines is 1. The van der Waals surface area contributed by atoms with Gasteiger partial charge in [-0.1, -0.05) is 48.5 Å². The predicted molar refractivity (Wildman–Crippen MR) is 233 cm³/mol. The Bertz CT molecular complexity index is 2140. The molecule has 0 spiro atoms. The molecule has 4 aromatic rings. The van der Waals surface area contributed by atoms with Crippen molar-refractivity contribution in [1.29, 1.82) is 0 Å². The summed E-state index contributed by atoms with van der Waals surface area (Å²) >= 11 is 0. The van der Waals surface area contributed by atoms with Gasteiger partial charge < -0.3 is 33.9 Å². The van der Waals surface area contributed by atoms with E-state index in [9.17, 15) is 19.5 Å². The first kappa shape index (κ1) is 42.3. The maximum absolute atomic E-state index is 13.6. The van der Waals surface area contributed by atoms with Crippen LogP contribution in [0.25, 0.3) is 0 Å². The molecule has 3 aliphatic heterocycles. The lowest BCUT2D eigenvalue weighted by Crippen LogP contribution is -2.52. The number of carbonyl (C=O) groups is 3. The predicted octanol–water partition coefficient (Wildman–Crippen LogP) is 6.43. The number of piperazine rings is 1. The lowest BCUT2D eigenvalue weighted by Gasteiger charge is -2.37. The second-order valence-corrected chi connectivity index (χ2v) is 16.5. The molecule has 61 heavy (non-hydrogen) atoms. The minimum atomic E-state index is -0.690. The Labute approximate surface area is 358 Å². The summed E-state index contributed by atoms with van der Waals surface area (Å²) in [5.41, 5.74) is 7.40. The van der Waals surface area contributed by atoms with Gasteiger partial charge in [0.05, 0.1) is 38.7 Å². The molecule has 2 fully saturated rings. The van der Waals surface area contributed by atoms with E-state index in [1.54, 1.807) is 12.0 Å². The quantitative estimate of drug-likeness (QED) is 0.0856. The summed E-state index contributed by atoms with van der Waals surface area (Å²) in [5, 5.41) is 12.6. The maximum atomic E-state index is 13.6. The smallest absolute Gasteiger partial charge is 0.255 e. The van der Waals surface area contributed by atoms with E-state index in [2.05, 4.69) is 75.8 Å². The summed E-state index contributed by atoms with van der Waals surface area (Å²) in [4.78, 5) is 44.5. The molecule has 322 valence electrons. The van der Waals surface area contributed by atoms with Crippen molar-refractivity contribution in [3.8, 4) is 17.2 Å². The van der Waals surface area contributed by atoms with Crippen LogP contribution in [0, 0.1) is 0 Å². The van der Waals surface area contributed by atoms with Crippen molar-refractivity contribution in [2.45, 2.75) is 69.4 Å². The number of methoxy groups -OCH3 is 1. The number of amides is 3. The first-order valence-corrected chi connectivity index (χ1v) is 21.9. The van der Waals surface area contributed by atoms with Crippen LogP contribution in [0.4, 0.5) is 5.69 Å². The Morgan fingerprint density at radius 1 is 0.754 bits per heavy atom. The minimum Gasteiger partial charge on any atom is -0.508 e. The van der Waals surface area contributed by atoms with E-state index in [0.29, 0.717) is 62.4 Å². The van der Waals surface area contributed by atoms with Crippen molar-refractivity contribution >= 4 is 23.4 Å². The molecule has 3 heterocycles. The van der Waals surface area contributed by atoms with Crippen molar-refractivity contribution < 1.29 is 38.4 Å². The SMILES string of the molecule is COCCOCCOc1c(N2CCN(CCCCCOc3ccc([C@@H]4c5ccc(O)cc5CC[C@@H]4c4ccccc4)cc3)CC2)ccc2c1CN(C1CCC(=O)NC1=O)C2=O. The Hall–Kier alpha value is -5.43. The van der Waals surface area contributed by atoms with Crippen LogP contribution >= 0.6 is 0 Å². The fourth-order valence-corrected chi connectivity index (χ4v) is 9.52. The highest BCUT2D eigenvalue weighted by Gasteiger charge is 2.41. The van der Waals surface area contributed by atoms with Crippen molar-refractivity contribution in [2.75, 3.05) is 77.8 Å². The van der Waals surface area contributed by atoms with Gasteiger partial charge in [-0.25, -0.2) is 0 Å². The molecule has 4 aliphatic rings. The van der Waals surface area contributed by atoms with Gasteiger partial charge in [0.25, 0.3) is 5.91 Å². The van der Waals surface area contributed by atoms with Gasteiger partial charge in [-0.3, -0.25) is 24.6 Å². The number of piperidine rings is 1. The van der Waals surface area contributed by atoms with Gasteiger partial charge in [-0.15, -0.1) is 0 Å². The molecule has 1 aliphatic carbocycles. The number of phenols is 1. The number of phenolic OH excluding ortho intramolecular Hbond substituents is 1. The standard InChI is InChI=1S/C49H58N4O8/c1-58-28-29-59-30-31-61-47-42-33-53(44-20-21-45(55)50-48(44)56)49(57)41(42)18-19-43(47)52-25-23-51(24-26-52)22-6-3-7-27-60-38-14-10-35(11-15-38)46-39(34-8-4-2-5-9-34)16-12-36-32-37(54)13-17-40(36)46/h2,4-5,8-11,13-15,17-19,32,39,44,46,54H,3,6-7,12,16,20-31,33H2,1H3,(H,50,55,56)/t39-,44?,46+/m1/s1. The normalized spacial score (nSPS) is 20.3. The fraction of sp³-hybridized carbons (Fsp3) is 0.449. The van der Waals surface area contributed by atoms with Crippen LogP contribution in [0.3, 0.4) is 0 Å². The minimum absolute atomic E-state index is 0.207. The molecular weight excluding hydrogens is 773 g/mol. The number of nitrogens with one attached hydrogen (secondary N) is 1. The number of fused-ring (bicyclic) bond motifs is 2. The number of nitrogens with zero attached hydrogens (tertiary/aromatic N) is 3. The zero-order valence-corrected chi connectivity index (χ0v) is 35.2. The molecule has 0 bridgehead atoms. The summed E-state index contributed by atoms with van der Waals surface area (Å²) in [6, 6.07) is 28.4. The van der Waals surface area contributed by atoms with E-state index in [-0.39, 0.29) is 30.7 Å². The number of benzene rings is 4. The molecule has 0 aromatic heterocycles. The van der Waals surface area contributed by atoms with Crippen molar-refractivity contribution in [2.24, 2.45) is 0 Å². The van der Waals surface area contributed by atoms with E-state index in [1.165, 1.54) is 22.3 Å². The third kappa shape index (κ3) is 9.88. The van der Waals surface area contributed by atoms with E-state index in [0.717, 1.165) is 81.8 Å². The summed E-state index contributed by atoms with van der Waals surface area (Å²) in [6.07, 6.45) is 5.66. The van der Waals surface area contributed by atoms with E-state index >= 15 is 0 Å². The Kier molecular flexibility index (Phi) is 13.8. The van der Waals surface area contributed by atoms with Gasteiger partial charge in [-0.2, -0.15) is 0 Å². The van der Waals surface area contributed by atoms with Crippen LogP contribution in [-0.4, -0.2) is 112 Å². The van der Waals surface area contributed by atoms with Gasteiger partial charge in [0.2, 0.25) is 11.8 Å². The number of imide groups is 1. The number of carbonyl (C=O) groups excluding carboxylic acids is 3. The van der Waals surface area contributed by atoms with Gasteiger partial charge >= 0.3 is 0 Å². The molecule has 0 saturated carbocycles. The second-order valence-electron chi connectivity index (χ2n) is 16.5. The topological polar surface area (TPSA) is 130 Å². The molecule has 12 nitrogen and oxygen atoms in total. The molecule has 3 atom stereocenters. The molecule has 12 heteroatoms. The number of rotatable bonds is 18. The average Bonchev–Trinajstić information content (AvgIpc) is 3.62. The number of aromatic hydroxyl groups is 1. The molecule has 0 radical (unpaired) electrons. The molecule has 8 rings (SSSR count). The van der Waals surface area contributed by atoms with Crippen LogP contribution in [-0.2, 0) is 32.0 Å². The van der Waals surface area contributed by atoms with Gasteiger partial charge in [0, 0.05) is 56.8 Å². The number of hydrogen-bond acceptors (Lipinski definition) is 10. The molecule has 2 N–H and O–H groups in total. The lowest BCUT2D eigenvalue weighted by molar-refractivity contribution is -0.136. The van der Waals surface area contributed by atoms with Crippen molar-refractivity contribution in [1.82, 2.24) is 15.1 Å². The number of aryl methyl sites for hydroxylation is 1. The van der Waals surface area contributed by atoms with E-state index in [1.807, 2.05) is 24.3 Å². The van der Waals surface area contributed by atoms with Crippen LogP contribution in [0.1, 0.15) is 88.5 Å². The third-order valence-electron chi connectivity index (χ3n) is 12.7. The third-order valence-corrected chi connectivity index (χ3v) is 12.7. The summed E-state index contributed by atoms with van der Waals surface area (Å²) in [5.74, 6) is 1.51. The van der Waals surface area contributed by atoms with Crippen LogP contribution in [0.5, 0.6) is 17.2 Å². The number of unbranched alkanes of at least 4 members (excludes halogenated alkanes) is 2. The molecule has 2 saturated heterocycles. The Balaban J connectivity index is 0.814.